The zero-order valence-corrected chi connectivity index (χ0v) is 11.8. The summed E-state index contributed by atoms with van der Waals surface area (Å²) in [5, 5.41) is 0. The minimum atomic E-state index is -0.516. The van der Waals surface area contributed by atoms with Gasteiger partial charge >= 0.3 is 0 Å². The highest BCUT2D eigenvalue weighted by atomic mass is 19.1. The van der Waals surface area contributed by atoms with Gasteiger partial charge in [-0.2, -0.15) is 0 Å². The Morgan fingerprint density at radius 2 is 2.05 bits per heavy atom. The van der Waals surface area contributed by atoms with Gasteiger partial charge in [0, 0.05) is 25.4 Å². The fourth-order valence-electron chi connectivity index (χ4n) is 2.77. The van der Waals surface area contributed by atoms with E-state index >= 15 is 0 Å². The molecule has 0 spiro atoms. The quantitative estimate of drug-likeness (QED) is 0.775. The molecule has 0 aliphatic carbocycles. The number of carbonyl (C=O) groups is 2. The second-order valence-corrected chi connectivity index (χ2v) is 5.19. The van der Waals surface area contributed by atoms with E-state index in [-0.39, 0.29) is 30.1 Å². The molecule has 3 nitrogen and oxygen atoms in total. The van der Waals surface area contributed by atoms with Crippen LogP contribution in [0, 0.1) is 5.82 Å². The second-order valence-electron chi connectivity index (χ2n) is 5.19. The second kappa shape index (κ2) is 6.64. The largest absolute Gasteiger partial charge is 0.340 e. The average Bonchev–Trinajstić information content (AvgIpc) is 2.93. The van der Waals surface area contributed by atoms with Gasteiger partial charge in [-0.1, -0.05) is 19.1 Å². The molecule has 0 N–H and O–H groups in total. The summed E-state index contributed by atoms with van der Waals surface area (Å²) >= 11 is 0. The Bertz CT molecular complexity index is 501. The van der Waals surface area contributed by atoms with Gasteiger partial charge in [0.05, 0.1) is 5.56 Å². The molecule has 1 aromatic carbocycles. The third-order valence-electron chi connectivity index (χ3n) is 3.91. The molecule has 0 radical (unpaired) electrons. The summed E-state index contributed by atoms with van der Waals surface area (Å²) < 4.78 is 13.5. The van der Waals surface area contributed by atoms with Gasteiger partial charge in [-0.25, -0.2) is 4.39 Å². The fourth-order valence-corrected chi connectivity index (χ4v) is 2.77. The number of hydrogen-bond acceptors (Lipinski definition) is 2. The van der Waals surface area contributed by atoms with E-state index in [1.165, 1.54) is 12.1 Å². The molecule has 1 fully saturated rings. The minimum Gasteiger partial charge on any atom is -0.340 e. The Morgan fingerprint density at radius 3 is 2.75 bits per heavy atom. The third kappa shape index (κ3) is 3.24. The number of benzene rings is 1. The highest BCUT2D eigenvalue weighted by Gasteiger charge is 2.27. The Balaban J connectivity index is 1.90. The maximum absolute atomic E-state index is 13.5. The molecule has 1 atom stereocenters. The van der Waals surface area contributed by atoms with E-state index in [9.17, 15) is 14.0 Å². The van der Waals surface area contributed by atoms with Crippen LogP contribution in [-0.4, -0.2) is 29.2 Å². The third-order valence-corrected chi connectivity index (χ3v) is 3.91. The standard InChI is InChI=1S/C16H20FNO2/c1-2-12-6-5-11-18(12)16(20)10-9-15(19)13-7-3-4-8-14(13)17/h3-4,7-8,12H,2,5-6,9-11H2,1H3. The molecular weight excluding hydrogens is 257 g/mol. The van der Waals surface area contributed by atoms with Crippen LogP contribution in [0.3, 0.4) is 0 Å². The summed E-state index contributed by atoms with van der Waals surface area (Å²) in [5.41, 5.74) is 0.0776. The summed E-state index contributed by atoms with van der Waals surface area (Å²) in [5.74, 6) is -0.805. The molecule has 1 unspecified atom stereocenters. The number of carbonyl (C=O) groups excluding carboxylic acids is 2. The SMILES string of the molecule is CCC1CCCN1C(=O)CCC(=O)c1ccccc1F. The van der Waals surface area contributed by atoms with Crippen molar-refractivity contribution in [3.8, 4) is 0 Å². The zero-order valence-electron chi connectivity index (χ0n) is 11.8. The monoisotopic (exact) mass is 277 g/mol. The summed E-state index contributed by atoms with van der Waals surface area (Å²) in [7, 11) is 0. The van der Waals surface area contributed by atoms with E-state index < -0.39 is 5.82 Å². The molecule has 0 aromatic heterocycles. The topological polar surface area (TPSA) is 37.4 Å². The molecule has 1 amide bonds. The number of nitrogens with zero attached hydrogens (tertiary/aromatic N) is 1. The normalized spacial score (nSPS) is 18.3. The number of ketones is 1. The number of rotatable bonds is 5. The van der Waals surface area contributed by atoms with Gasteiger partial charge < -0.3 is 4.90 Å². The average molecular weight is 277 g/mol. The lowest BCUT2D eigenvalue weighted by Crippen LogP contribution is -2.35. The number of likely N-dealkylation sites (tertiary alicyclic amines) is 1. The van der Waals surface area contributed by atoms with E-state index in [1.54, 1.807) is 12.1 Å². The van der Waals surface area contributed by atoms with Crippen molar-refractivity contribution in [1.29, 1.82) is 0 Å². The van der Waals surface area contributed by atoms with Gasteiger partial charge in [-0.3, -0.25) is 9.59 Å². The Labute approximate surface area is 118 Å². The van der Waals surface area contributed by atoms with Crippen molar-refractivity contribution in [1.82, 2.24) is 4.90 Å². The zero-order chi connectivity index (χ0) is 14.5. The van der Waals surface area contributed by atoms with Gasteiger partial charge in [0.2, 0.25) is 5.91 Å². The molecule has 1 aliphatic rings. The molecule has 2 rings (SSSR count). The summed E-state index contributed by atoms with van der Waals surface area (Å²) in [6.07, 6.45) is 3.28. The lowest BCUT2D eigenvalue weighted by Gasteiger charge is -2.23. The molecule has 0 bridgehead atoms. The van der Waals surface area contributed by atoms with Gasteiger partial charge in [0.25, 0.3) is 0 Å². The van der Waals surface area contributed by atoms with Gasteiger partial charge in [-0.15, -0.1) is 0 Å². The van der Waals surface area contributed by atoms with Crippen LogP contribution < -0.4 is 0 Å². The maximum Gasteiger partial charge on any atom is 0.223 e. The van der Waals surface area contributed by atoms with Crippen molar-refractivity contribution >= 4 is 11.7 Å². The van der Waals surface area contributed by atoms with Gasteiger partial charge in [0.1, 0.15) is 5.82 Å². The van der Waals surface area contributed by atoms with Crippen LogP contribution in [0.25, 0.3) is 0 Å². The number of amides is 1. The minimum absolute atomic E-state index is 0.0130. The first-order valence-electron chi connectivity index (χ1n) is 7.20. The highest BCUT2D eigenvalue weighted by molar-refractivity contribution is 5.98. The summed E-state index contributed by atoms with van der Waals surface area (Å²) in [4.78, 5) is 25.9. The molecule has 20 heavy (non-hydrogen) atoms. The van der Waals surface area contributed by atoms with Gasteiger partial charge in [0.15, 0.2) is 5.78 Å². The van der Waals surface area contributed by atoms with Crippen molar-refractivity contribution in [3.63, 3.8) is 0 Å². The molecular formula is C16H20FNO2. The maximum atomic E-state index is 13.5. The van der Waals surface area contributed by atoms with Crippen LogP contribution in [0.2, 0.25) is 0 Å². The predicted octanol–water partition coefficient (Wildman–Crippen LogP) is 3.19. The van der Waals surface area contributed by atoms with Crippen LogP contribution in [0.4, 0.5) is 4.39 Å². The van der Waals surface area contributed by atoms with Crippen molar-refractivity contribution in [2.24, 2.45) is 0 Å². The van der Waals surface area contributed by atoms with Crippen LogP contribution in [0.15, 0.2) is 24.3 Å². The highest BCUT2D eigenvalue weighted by Crippen LogP contribution is 2.21. The Morgan fingerprint density at radius 1 is 1.30 bits per heavy atom. The van der Waals surface area contributed by atoms with Crippen molar-refractivity contribution in [3.05, 3.63) is 35.6 Å². The fraction of sp³-hybridized carbons (Fsp3) is 0.500. The molecule has 0 saturated carbocycles. The molecule has 1 saturated heterocycles. The van der Waals surface area contributed by atoms with E-state index in [0.29, 0.717) is 6.04 Å². The van der Waals surface area contributed by atoms with Crippen molar-refractivity contribution < 1.29 is 14.0 Å². The Kier molecular flexibility index (Phi) is 4.88. The van der Waals surface area contributed by atoms with E-state index in [0.717, 1.165) is 25.8 Å². The Hall–Kier alpha value is -1.71. The molecule has 108 valence electrons. The van der Waals surface area contributed by atoms with E-state index in [2.05, 4.69) is 6.92 Å². The lowest BCUT2D eigenvalue weighted by atomic mass is 10.1. The van der Waals surface area contributed by atoms with Crippen LogP contribution in [0.5, 0.6) is 0 Å². The number of hydrogen-bond donors (Lipinski definition) is 0. The molecule has 1 aliphatic heterocycles. The first-order chi connectivity index (χ1) is 9.63. The van der Waals surface area contributed by atoms with Crippen LogP contribution in [0.1, 0.15) is 49.4 Å². The van der Waals surface area contributed by atoms with E-state index in [1.807, 2.05) is 4.90 Å². The van der Waals surface area contributed by atoms with Gasteiger partial charge in [-0.05, 0) is 31.4 Å². The van der Waals surface area contributed by atoms with Crippen molar-refractivity contribution in [2.45, 2.75) is 45.1 Å². The predicted molar refractivity (Wildman–Crippen MR) is 75.0 cm³/mol. The van der Waals surface area contributed by atoms with Crippen LogP contribution >= 0.6 is 0 Å². The van der Waals surface area contributed by atoms with Crippen molar-refractivity contribution in [2.75, 3.05) is 6.54 Å². The first kappa shape index (κ1) is 14.7. The molecule has 1 heterocycles. The smallest absolute Gasteiger partial charge is 0.223 e. The first-order valence-corrected chi connectivity index (χ1v) is 7.20. The summed E-state index contributed by atoms with van der Waals surface area (Å²) in [6.45, 7) is 2.85. The summed E-state index contributed by atoms with van der Waals surface area (Å²) in [6, 6.07) is 6.22. The number of halogens is 1. The lowest BCUT2D eigenvalue weighted by molar-refractivity contribution is -0.132. The molecule has 1 aromatic rings. The molecule has 4 heteroatoms. The van der Waals surface area contributed by atoms with E-state index in [4.69, 9.17) is 0 Å². The van der Waals surface area contributed by atoms with Crippen LogP contribution in [-0.2, 0) is 4.79 Å². The number of Topliss-reactive ketones (excluding diaryl/α,β-unsaturated/α-hetero) is 1.